The molecule has 0 saturated heterocycles. The second kappa shape index (κ2) is 4.26. The highest BCUT2D eigenvalue weighted by Crippen LogP contribution is 2.25. The fraction of sp³-hybridized carbons (Fsp3) is 0.333. The van der Waals surface area contributed by atoms with Crippen molar-refractivity contribution in [2.24, 2.45) is 0 Å². The Morgan fingerprint density at radius 1 is 1.56 bits per heavy atom. The summed E-state index contributed by atoms with van der Waals surface area (Å²) in [7, 11) is 0. The molecule has 0 bridgehead atoms. The standard InChI is InChI=1S/C12H13ClN2O/c1-3-8(2)12-11-5-9(13)4-10(6-16)15(11)7-14-12/h4-8H,3H2,1-2H3/t8-/m0/s1. The van der Waals surface area contributed by atoms with Crippen LogP contribution < -0.4 is 0 Å². The molecule has 0 amide bonds. The largest absolute Gasteiger partial charge is 0.296 e. The van der Waals surface area contributed by atoms with Crippen LogP contribution in [0.2, 0.25) is 5.02 Å². The maximum Gasteiger partial charge on any atom is 0.166 e. The minimum absolute atomic E-state index is 0.364. The highest BCUT2D eigenvalue weighted by Gasteiger charge is 2.13. The van der Waals surface area contributed by atoms with E-state index in [1.807, 2.05) is 6.07 Å². The summed E-state index contributed by atoms with van der Waals surface area (Å²) in [6, 6.07) is 3.49. The van der Waals surface area contributed by atoms with E-state index >= 15 is 0 Å². The second-order valence-electron chi connectivity index (χ2n) is 3.91. The van der Waals surface area contributed by atoms with E-state index in [0.717, 1.165) is 23.9 Å². The van der Waals surface area contributed by atoms with Crippen LogP contribution in [-0.2, 0) is 0 Å². The molecule has 0 aliphatic heterocycles. The summed E-state index contributed by atoms with van der Waals surface area (Å²) in [4.78, 5) is 15.3. The number of halogens is 1. The lowest BCUT2D eigenvalue weighted by Crippen LogP contribution is -1.96. The van der Waals surface area contributed by atoms with Crippen LogP contribution >= 0.6 is 11.6 Å². The minimum atomic E-state index is 0.364. The lowest BCUT2D eigenvalue weighted by Gasteiger charge is -2.06. The molecule has 0 spiro atoms. The van der Waals surface area contributed by atoms with Crippen LogP contribution in [0.3, 0.4) is 0 Å². The maximum absolute atomic E-state index is 10.9. The third-order valence-electron chi connectivity index (χ3n) is 2.87. The van der Waals surface area contributed by atoms with Gasteiger partial charge in [0.2, 0.25) is 0 Å². The molecule has 0 aliphatic carbocycles. The molecule has 0 N–H and O–H groups in total. The van der Waals surface area contributed by atoms with Gasteiger partial charge in [-0.25, -0.2) is 4.98 Å². The molecule has 2 heterocycles. The van der Waals surface area contributed by atoms with Gasteiger partial charge >= 0.3 is 0 Å². The summed E-state index contributed by atoms with van der Waals surface area (Å²) in [5.41, 5.74) is 2.45. The van der Waals surface area contributed by atoms with Gasteiger partial charge in [0.05, 0.1) is 16.9 Å². The fourth-order valence-electron chi connectivity index (χ4n) is 1.77. The third-order valence-corrected chi connectivity index (χ3v) is 3.09. The van der Waals surface area contributed by atoms with Gasteiger partial charge in [0.1, 0.15) is 6.33 Å². The number of pyridine rings is 1. The Kier molecular flexibility index (Phi) is 2.97. The first-order valence-corrected chi connectivity index (χ1v) is 5.66. The van der Waals surface area contributed by atoms with Gasteiger partial charge in [0.25, 0.3) is 0 Å². The molecular formula is C12H13ClN2O. The Morgan fingerprint density at radius 2 is 2.31 bits per heavy atom. The first-order valence-electron chi connectivity index (χ1n) is 5.29. The zero-order valence-corrected chi connectivity index (χ0v) is 10.0. The number of hydrogen-bond donors (Lipinski definition) is 0. The summed E-state index contributed by atoms with van der Waals surface area (Å²) in [5, 5.41) is 0.569. The van der Waals surface area contributed by atoms with Crippen molar-refractivity contribution in [1.29, 1.82) is 0 Å². The Bertz CT molecular complexity index is 533. The molecule has 2 aromatic heterocycles. The Morgan fingerprint density at radius 3 is 2.94 bits per heavy atom. The van der Waals surface area contributed by atoms with Gasteiger partial charge in [-0.15, -0.1) is 0 Å². The summed E-state index contributed by atoms with van der Waals surface area (Å²) < 4.78 is 1.78. The fourth-order valence-corrected chi connectivity index (χ4v) is 1.98. The Balaban J connectivity index is 2.71. The number of carbonyl (C=O) groups excluding carboxylic acids is 1. The molecule has 0 unspecified atom stereocenters. The van der Waals surface area contributed by atoms with Crippen LogP contribution in [0.25, 0.3) is 5.52 Å². The Labute approximate surface area is 99.1 Å². The molecular weight excluding hydrogens is 224 g/mol. The van der Waals surface area contributed by atoms with Crippen molar-refractivity contribution in [2.45, 2.75) is 26.2 Å². The maximum atomic E-state index is 10.9. The number of hydrogen-bond acceptors (Lipinski definition) is 2. The summed E-state index contributed by atoms with van der Waals surface area (Å²) in [6.07, 6.45) is 3.48. The predicted octanol–water partition coefficient (Wildman–Crippen LogP) is 3.31. The first-order chi connectivity index (χ1) is 7.67. The number of fused-ring (bicyclic) bond motifs is 1. The van der Waals surface area contributed by atoms with E-state index in [0.29, 0.717) is 16.6 Å². The highest BCUT2D eigenvalue weighted by molar-refractivity contribution is 6.31. The van der Waals surface area contributed by atoms with E-state index in [1.165, 1.54) is 0 Å². The summed E-state index contributed by atoms with van der Waals surface area (Å²) >= 11 is 5.98. The smallest absolute Gasteiger partial charge is 0.166 e. The second-order valence-corrected chi connectivity index (χ2v) is 4.35. The van der Waals surface area contributed by atoms with E-state index in [4.69, 9.17) is 11.6 Å². The van der Waals surface area contributed by atoms with Crippen molar-refractivity contribution in [2.75, 3.05) is 0 Å². The molecule has 0 aromatic carbocycles. The van der Waals surface area contributed by atoms with Gasteiger partial charge < -0.3 is 0 Å². The van der Waals surface area contributed by atoms with Gasteiger partial charge in [0.15, 0.2) is 6.29 Å². The van der Waals surface area contributed by atoms with Crippen molar-refractivity contribution < 1.29 is 4.79 Å². The van der Waals surface area contributed by atoms with E-state index in [2.05, 4.69) is 18.8 Å². The van der Waals surface area contributed by atoms with Crippen molar-refractivity contribution in [1.82, 2.24) is 9.38 Å². The average molecular weight is 237 g/mol. The number of aromatic nitrogens is 2. The topological polar surface area (TPSA) is 34.4 Å². The normalized spacial score (nSPS) is 12.9. The van der Waals surface area contributed by atoms with E-state index in [9.17, 15) is 4.79 Å². The molecule has 16 heavy (non-hydrogen) atoms. The number of aldehydes is 1. The minimum Gasteiger partial charge on any atom is -0.296 e. The third kappa shape index (κ3) is 1.71. The van der Waals surface area contributed by atoms with Gasteiger partial charge in [-0.05, 0) is 18.6 Å². The average Bonchev–Trinajstić information content (AvgIpc) is 2.70. The van der Waals surface area contributed by atoms with E-state index in [-0.39, 0.29) is 0 Å². The van der Waals surface area contributed by atoms with Crippen LogP contribution in [0.5, 0.6) is 0 Å². The van der Waals surface area contributed by atoms with Gasteiger partial charge in [-0.3, -0.25) is 9.20 Å². The lowest BCUT2D eigenvalue weighted by atomic mass is 10.0. The SMILES string of the molecule is CC[C@H](C)c1ncn2c(C=O)cc(Cl)cc12. The summed E-state index contributed by atoms with van der Waals surface area (Å²) in [5.74, 6) is 0.364. The van der Waals surface area contributed by atoms with Crippen LogP contribution in [0, 0.1) is 0 Å². The van der Waals surface area contributed by atoms with Gasteiger partial charge in [0, 0.05) is 10.9 Å². The lowest BCUT2D eigenvalue weighted by molar-refractivity contribution is 0.111. The molecule has 1 atom stereocenters. The quantitative estimate of drug-likeness (QED) is 0.767. The van der Waals surface area contributed by atoms with Crippen LogP contribution in [0.15, 0.2) is 18.5 Å². The molecule has 0 radical (unpaired) electrons. The van der Waals surface area contributed by atoms with Crippen LogP contribution in [0.1, 0.15) is 42.4 Å². The van der Waals surface area contributed by atoms with E-state index in [1.54, 1.807) is 16.8 Å². The van der Waals surface area contributed by atoms with Crippen LogP contribution in [0.4, 0.5) is 0 Å². The molecule has 4 heteroatoms. The van der Waals surface area contributed by atoms with Crippen molar-refractivity contribution in [3.63, 3.8) is 0 Å². The molecule has 0 saturated carbocycles. The highest BCUT2D eigenvalue weighted by atomic mass is 35.5. The molecule has 2 aromatic rings. The number of nitrogens with zero attached hydrogens (tertiary/aromatic N) is 2. The zero-order valence-electron chi connectivity index (χ0n) is 9.27. The Hall–Kier alpha value is -1.35. The first kappa shape index (κ1) is 11.1. The monoisotopic (exact) mass is 236 g/mol. The van der Waals surface area contributed by atoms with Crippen molar-refractivity contribution in [3.05, 3.63) is 34.9 Å². The molecule has 2 rings (SSSR count). The summed E-state index contributed by atoms with van der Waals surface area (Å²) in [6.45, 7) is 4.23. The number of imidazole rings is 1. The number of rotatable bonds is 3. The van der Waals surface area contributed by atoms with Crippen molar-refractivity contribution >= 4 is 23.4 Å². The van der Waals surface area contributed by atoms with Crippen molar-refractivity contribution in [3.8, 4) is 0 Å². The van der Waals surface area contributed by atoms with Gasteiger partial charge in [-0.1, -0.05) is 25.4 Å². The van der Waals surface area contributed by atoms with Gasteiger partial charge in [-0.2, -0.15) is 0 Å². The molecule has 84 valence electrons. The predicted molar refractivity (Wildman–Crippen MR) is 64.3 cm³/mol. The zero-order chi connectivity index (χ0) is 11.7. The number of carbonyl (C=O) groups is 1. The van der Waals surface area contributed by atoms with Crippen LogP contribution in [-0.4, -0.2) is 15.7 Å². The van der Waals surface area contributed by atoms with E-state index < -0.39 is 0 Å². The molecule has 0 fully saturated rings. The molecule has 3 nitrogen and oxygen atoms in total. The molecule has 0 aliphatic rings.